The fourth-order valence-electron chi connectivity index (χ4n) is 3.93. The van der Waals surface area contributed by atoms with Gasteiger partial charge in [-0.3, -0.25) is 9.59 Å². The van der Waals surface area contributed by atoms with Gasteiger partial charge in [-0.2, -0.15) is 0 Å². The molecule has 7 nitrogen and oxygen atoms in total. The van der Waals surface area contributed by atoms with E-state index in [0.29, 0.717) is 27.6 Å². The van der Waals surface area contributed by atoms with Crippen molar-refractivity contribution in [1.82, 2.24) is 9.88 Å². The quantitative estimate of drug-likeness (QED) is 0.507. The molecule has 32 heavy (non-hydrogen) atoms. The second-order valence-electron chi connectivity index (χ2n) is 7.24. The van der Waals surface area contributed by atoms with Crippen LogP contribution in [0.2, 0.25) is 0 Å². The molecular weight excluding hydrogens is 448 g/mol. The largest absolute Gasteiger partial charge is 0.503 e. The fraction of sp³-hybridized carbons (Fsp3) is 0.261. The lowest BCUT2D eigenvalue weighted by Crippen LogP contribution is -2.30. The highest BCUT2D eigenvalue weighted by Crippen LogP contribution is 2.46. The minimum atomic E-state index is -0.844. The van der Waals surface area contributed by atoms with Crippen molar-refractivity contribution in [1.29, 1.82) is 0 Å². The van der Waals surface area contributed by atoms with E-state index in [4.69, 9.17) is 9.47 Å². The van der Waals surface area contributed by atoms with Crippen molar-refractivity contribution in [2.75, 3.05) is 14.2 Å². The predicted molar refractivity (Wildman–Crippen MR) is 123 cm³/mol. The summed E-state index contributed by atoms with van der Waals surface area (Å²) < 4.78 is 11.0. The number of ketones is 1. The van der Waals surface area contributed by atoms with Crippen LogP contribution in [0.25, 0.3) is 0 Å². The molecule has 0 saturated carbocycles. The molecule has 0 aliphatic carbocycles. The Hall–Kier alpha value is -3.17. The molecule has 166 valence electrons. The van der Waals surface area contributed by atoms with Crippen LogP contribution in [0, 0.1) is 13.8 Å². The standard InChI is InChI=1S/C23H22N2O5S2/c1-12-22(32-13(2)24-12)19(26)17-18(15-8-5-9-16(29-3)21(15)30-4)25(23(28)20(17)27)11-14-7-6-10-31-14/h5-10,18,27H,11H2,1-4H3. The van der Waals surface area contributed by atoms with Crippen LogP contribution in [0.1, 0.15) is 36.9 Å². The Bertz CT molecular complexity index is 1210. The van der Waals surface area contributed by atoms with Crippen molar-refractivity contribution in [3.05, 3.63) is 73.1 Å². The average molecular weight is 471 g/mol. The third-order valence-corrected chi connectivity index (χ3v) is 7.23. The fourth-order valence-corrected chi connectivity index (χ4v) is 5.51. The zero-order valence-electron chi connectivity index (χ0n) is 18.0. The number of thiazole rings is 1. The van der Waals surface area contributed by atoms with Crippen LogP contribution >= 0.6 is 22.7 Å². The minimum Gasteiger partial charge on any atom is -0.503 e. The van der Waals surface area contributed by atoms with Gasteiger partial charge in [-0.1, -0.05) is 18.2 Å². The maximum Gasteiger partial charge on any atom is 0.290 e. The van der Waals surface area contributed by atoms with Gasteiger partial charge in [-0.15, -0.1) is 22.7 Å². The van der Waals surface area contributed by atoms with E-state index in [1.807, 2.05) is 24.4 Å². The number of carbonyl (C=O) groups is 2. The number of thiophene rings is 1. The van der Waals surface area contributed by atoms with Gasteiger partial charge in [0.2, 0.25) is 5.78 Å². The maximum absolute atomic E-state index is 13.6. The van der Waals surface area contributed by atoms with Gasteiger partial charge in [-0.25, -0.2) is 4.98 Å². The molecule has 0 spiro atoms. The Balaban J connectivity index is 1.90. The van der Waals surface area contributed by atoms with Crippen molar-refractivity contribution >= 4 is 34.4 Å². The number of aliphatic hydroxyl groups excluding tert-OH is 1. The van der Waals surface area contributed by atoms with E-state index in [1.165, 1.54) is 41.8 Å². The number of hydrogen-bond donors (Lipinski definition) is 1. The summed E-state index contributed by atoms with van der Waals surface area (Å²) in [6.45, 7) is 3.80. The van der Waals surface area contributed by atoms with Crippen LogP contribution in [0.15, 0.2) is 47.0 Å². The molecule has 1 aromatic carbocycles. The molecule has 3 heterocycles. The minimum absolute atomic E-state index is 0.0184. The van der Waals surface area contributed by atoms with E-state index >= 15 is 0 Å². The van der Waals surface area contributed by atoms with Gasteiger partial charge in [0.05, 0.1) is 48.0 Å². The van der Waals surface area contributed by atoms with E-state index in [9.17, 15) is 14.7 Å². The summed E-state index contributed by atoms with van der Waals surface area (Å²) in [5, 5.41) is 13.5. The highest BCUT2D eigenvalue weighted by molar-refractivity contribution is 7.14. The number of aromatic nitrogens is 1. The predicted octanol–water partition coefficient (Wildman–Crippen LogP) is 4.62. The van der Waals surface area contributed by atoms with Gasteiger partial charge in [0, 0.05) is 10.4 Å². The molecule has 1 atom stereocenters. The second kappa shape index (κ2) is 8.76. The first kappa shape index (κ1) is 22.0. The van der Waals surface area contributed by atoms with Crippen LogP contribution in [0.4, 0.5) is 0 Å². The van der Waals surface area contributed by atoms with E-state index in [0.717, 1.165) is 9.88 Å². The molecule has 1 amide bonds. The van der Waals surface area contributed by atoms with Crippen molar-refractivity contribution in [2.24, 2.45) is 0 Å². The molecule has 1 aliphatic heterocycles. The number of carbonyl (C=O) groups excluding carboxylic acids is 2. The summed E-state index contributed by atoms with van der Waals surface area (Å²) >= 11 is 2.74. The second-order valence-corrected chi connectivity index (χ2v) is 9.47. The Morgan fingerprint density at radius 1 is 1.19 bits per heavy atom. The number of aryl methyl sites for hydroxylation is 2. The third-order valence-electron chi connectivity index (χ3n) is 5.29. The lowest BCUT2D eigenvalue weighted by molar-refractivity contribution is -0.130. The van der Waals surface area contributed by atoms with Crippen LogP contribution in [0.3, 0.4) is 0 Å². The first-order chi connectivity index (χ1) is 15.4. The summed E-state index contributed by atoms with van der Waals surface area (Å²) in [5.41, 5.74) is 1.14. The van der Waals surface area contributed by atoms with E-state index in [1.54, 1.807) is 25.1 Å². The Morgan fingerprint density at radius 3 is 2.56 bits per heavy atom. The molecule has 3 aromatic rings. The van der Waals surface area contributed by atoms with Crippen molar-refractivity contribution < 1.29 is 24.2 Å². The van der Waals surface area contributed by atoms with Crippen LogP contribution < -0.4 is 9.47 Å². The molecule has 0 radical (unpaired) electrons. The molecule has 9 heteroatoms. The molecule has 1 aliphatic rings. The number of methoxy groups -OCH3 is 2. The zero-order chi connectivity index (χ0) is 23.0. The van der Waals surface area contributed by atoms with Crippen molar-refractivity contribution in [3.63, 3.8) is 0 Å². The summed E-state index contributed by atoms with van der Waals surface area (Å²) in [7, 11) is 3.02. The highest BCUT2D eigenvalue weighted by atomic mass is 32.1. The summed E-state index contributed by atoms with van der Waals surface area (Å²) in [6.07, 6.45) is 0. The third kappa shape index (κ3) is 3.67. The number of benzene rings is 1. The number of Topliss-reactive ketones (excluding diaryl/α,β-unsaturated/α-hetero) is 1. The van der Waals surface area contributed by atoms with E-state index in [2.05, 4.69) is 4.98 Å². The highest BCUT2D eigenvalue weighted by Gasteiger charge is 2.46. The molecule has 1 unspecified atom stereocenters. The molecule has 1 N–H and O–H groups in total. The number of hydrogen-bond acceptors (Lipinski definition) is 8. The monoisotopic (exact) mass is 470 g/mol. The molecule has 2 aromatic heterocycles. The Labute approximate surface area is 193 Å². The van der Waals surface area contributed by atoms with Gasteiger partial charge in [-0.05, 0) is 31.4 Å². The molecule has 0 saturated heterocycles. The van der Waals surface area contributed by atoms with Crippen LogP contribution in [-0.2, 0) is 11.3 Å². The first-order valence-electron chi connectivity index (χ1n) is 9.83. The average Bonchev–Trinajstić information content (AvgIpc) is 3.48. The number of amides is 1. The number of nitrogens with zero attached hydrogens (tertiary/aromatic N) is 2. The van der Waals surface area contributed by atoms with Crippen LogP contribution in [0.5, 0.6) is 11.5 Å². The summed E-state index contributed by atoms with van der Waals surface area (Å²) in [5.74, 6) is -0.692. The number of aliphatic hydroxyl groups is 1. The normalized spacial score (nSPS) is 16.1. The molecular formula is C23H22N2O5S2. The van der Waals surface area contributed by atoms with Crippen molar-refractivity contribution in [3.8, 4) is 11.5 Å². The van der Waals surface area contributed by atoms with Gasteiger partial charge in [0.1, 0.15) is 0 Å². The lowest BCUT2D eigenvalue weighted by Gasteiger charge is -2.28. The smallest absolute Gasteiger partial charge is 0.290 e. The molecule has 4 rings (SSSR count). The van der Waals surface area contributed by atoms with Gasteiger partial charge in [0.15, 0.2) is 17.3 Å². The number of para-hydroxylation sites is 1. The van der Waals surface area contributed by atoms with Gasteiger partial charge in [0.25, 0.3) is 5.91 Å². The molecule has 0 bridgehead atoms. The Kier molecular flexibility index (Phi) is 6.03. The molecule has 0 fully saturated rings. The van der Waals surface area contributed by atoms with Gasteiger partial charge < -0.3 is 19.5 Å². The van der Waals surface area contributed by atoms with E-state index in [-0.39, 0.29) is 12.1 Å². The maximum atomic E-state index is 13.6. The van der Waals surface area contributed by atoms with E-state index < -0.39 is 23.5 Å². The summed E-state index contributed by atoms with van der Waals surface area (Å²) in [4.78, 5) is 34.0. The Morgan fingerprint density at radius 2 is 1.97 bits per heavy atom. The topological polar surface area (TPSA) is 89.0 Å². The lowest BCUT2D eigenvalue weighted by atomic mass is 9.94. The van der Waals surface area contributed by atoms with Gasteiger partial charge >= 0.3 is 0 Å². The first-order valence-corrected chi connectivity index (χ1v) is 11.5. The summed E-state index contributed by atoms with van der Waals surface area (Å²) in [6, 6.07) is 8.24. The van der Waals surface area contributed by atoms with Crippen molar-refractivity contribution in [2.45, 2.75) is 26.4 Å². The van der Waals surface area contributed by atoms with Crippen LogP contribution in [-0.4, -0.2) is 40.9 Å². The number of rotatable bonds is 7. The SMILES string of the molecule is COc1cccc(C2C(C(=O)c3sc(C)nc3C)=C(O)C(=O)N2Cc2cccs2)c1OC. The zero-order valence-corrected chi connectivity index (χ0v) is 19.7. The number of ether oxygens (including phenoxy) is 2.